The van der Waals surface area contributed by atoms with Gasteiger partial charge in [0, 0.05) is 6.07 Å². The molecule has 7 heteroatoms. The van der Waals surface area contributed by atoms with Crippen LogP contribution < -0.4 is 20.1 Å². The molecule has 0 aliphatic carbocycles. The van der Waals surface area contributed by atoms with Crippen LogP contribution in [0, 0.1) is 0 Å². The Morgan fingerprint density at radius 1 is 0.964 bits per heavy atom. The van der Waals surface area contributed by atoms with Crippen LogP contribution in [0.1, 0.15) is 24.3 Å². The quantitative estimate of drug-likeness (QED) is 0.639. The summed E-state index contributed by atoms with van der Waals surface area (Å²) in [6.45, 7) is 3.92. The van der Waals surface area contributed by atoms with Crippen LogP contribution in [0.4, 0.5) is 17.2 Å². The molecular formula is C21H22N4O3. The number of rotatable bonds is 7. The first kappa shape index (κ1) is 19.2. The smallest absolute Gasteiger partial charge is 0.274 e. The maximum absolute atomic E-state index is 12.6. The summed E-state index contributed by atoms with van der Waals surface area (Å²) in [6.07, 6.45) is 1.38. The lowest BCUT2D eigenvalue weighted by atomic mass is 10.2. The van der Waals surface area contributed by atoms with Crippen LogP contribution in [0.15, 0.2) is 60.9 Å². The second-order valence-corrected chi connectivity index (χ2v) is 6.23. The summed E-state index contributed by atoms with van der Waals surface area (Å²) in [6, 6.07) is 16.3. The van der Waals surface area contributed by atoms with Gasteiger partial charge in [0.05, 0.1) is 24.6 Å². The zero-order chi connectivity index (χ0) is 19.9. The number of nitrogens with one attached hydrogen (secondary N) is 2. The Labute approximate surface area is 163 Å². The highest BCUT2D eigenvalue weighted by Crippen LogP contribution is 2.28. The number of amides is 1. The van der Waals surface area contributed by atoms with Gasteiger partial charge in [0.1, 0.15) is 29.3 Å². The third-order valence-electron chi connectivity index (χ3n) is 3.77. The highest BCUT2D eigenvalue weighted by atomic mass is 16.5. The van der Waals surface area contributed by atoms with Crippen LogP contribution in [0.3, 0.4) is 0 Å². The summed E-state index contributed by atoms with van der Waals surface area (Å²) < 4.78 is 11.1. The number of hydrogen-bond donors (Lipinski definition) is 2. The summed E-state index contributed by atoms with van der Waals surface area (Å²) in [7, 11) is 1.55. The average molecular weight is 378 g/mol. The Bertz CT molecular complexity index is 960. The number of nitrogens with zero attached hydrogens (tertiary/aromatic N) is 2. The number of carbonyl (C=O) groups is 1. The number of benzene rings is 2. The van der Waals surface area contributed by atoms with Gasteiger partial charge in [-0.2, -0.15) is 0 Å². The van der Waals surface area contributed by atoms with Crippen LogP contribution >= 0.6 is 0 Å². The molecule has 1 aromatic heterocycles. The van der Waals surface area contributed by atoms with Crippen molar-refractivity contribution in [2.24, 2.45) is 0 Å². The lowest BCUT2D eigenvalue weighted by molar-refractivity contribution is 0.102. The van der Waals surface area contributed by atoms with Crippen molar-refractivity contribution < 1.29 is 14.3 Å². The number of hydrogen-bond acceptors (Lipinski definition) is 6. The van der Waals surface area contributed by atoms with E-state index in [2.05, 4.69) is 20.6 Å². The molecule has 0 saturated carbocycles. The molecule has 1 heterocycles. The molecular weight excluding hydrogens is 356 g/mol. The fraction of sp³-hybridized carbons (Fsp3) is 0.190. The van der Waals surface area contributed by atoms with Gasteiger partial charge in [0.2, 0.25) is 0 Å². The van der Waals surface area contributed by atoms with Crippen molar-refractivity contribution in [2.45, 2.75) is 20.0 Å². The maximum Gasteiger partial charge on any atom is 0.274 e. The van der Waals surface area contributed by atoms with E-state index in [1.165, 1.54) is 6.33 Å². The lowest BCUT2D eigenvalue weighted by Gasteiger charge is -2.15. The Hall–Kier alpha value is -3.61. The molecule has 0 unspecified atom stereocenters. The Balaban J connectivity index is 1.78. The predicted molar refractivity (Wildman–Crippen MR) is 108 cm³/mol. The SMILES string of the molecule is COc1ccccc1NC(=O)c1cc(Nc2ccccc2OC(C)C)ncn1. The molecule has 0 spiro atoms. The summed E-state index contributed by atoms with van der Waals surface area (Å²) in [4.78, 5) is 20.9. The second-order valence-electron chi connectivity index (χ2n) is 6.23. The second kappa shape index (κ2) is 8.85. The molecule has 2 N–H and O–H groups in total. The summed E-state index contributed by atoms with van der Waals surface area (Å²) in [5, 5.41) is 5.98. The number of aromatic nitrogens is 2. The van der Waals surface area contributed by atoms with Gasteiger partial charge in [-0.05, 0) is 38.1 Å². The third-order valence-corrected chi connectivity index (χ3v) is 3.77. The predicted octanol–water partition coefficient (Wildman–Crippen LogP) is 4.27. The summed E-state index contributed by atoms with van der Waals surface area (Å²) in [5.41, 5.74) is 1.55. The highest BCUT2D eigenvalue weighted by molar-refractivity contribution is 6.04. The number of carbonyl (C=O) groups excluding carboxylic acids is 1. The monoisotopic (exact) mass is 378 g/mol. The van der Waals surface area contributed by atoms with Gasteiger partial charge in [-0.1, -0.05) is 24.3 Å². The minimum absolute atomic E-state index is 0.0375. The lowest BCUT2D eigenvalue weighted by Crippen LogP contribution is -2.15. The third kappa shape index (κ3) is 4.76. The Kier molecular flexibility index (Phi) is 6.06. The van der Waals surface area contributed by atoms with Crippen LogP contribution in [0.25, 0.3) is 0 Å². The molecule has 0 bridgehead atoms. The van der Waals surface area contributed by atoms with Crippen molar-refractivity contribution in [1.82, 2.24) is 9.97 Å². The molecule has 0 fully saturated rings. The van der Waals surface area contributed by atoms with Gasteiger partial charge < -0.3 is 20.1 Å². The normalized spacial score (nSPS) is 10.4. The van der Waals surface area contributed by atoms with Crippen LogP contribution in [-0.2, 0) is 0 Å². The summed E-state index contributed by atoms with van der Waals surface area (Å²) >= 11 is 0. The van der Waals surface area contributed by atoms with Crippen molar-refractivity contribution in [3.63, 3.8) is 0 Å². The van der Waals surface area contributed by atoms with Gasteiger partial charge in [-0.15, -0.1) is 0 Å². The van der Waals surface area contributed by atoms with E-state index in [4.69, 9.17) is 9.47 Å². The van der Waals surface area contributed by atoms with Crippen molar-refractivity contribution in [1.29, 1.82) is 0 Å². The van der Waals surface area contributed by atoms with Crippen molar-refractivity contribution in [2.75, 3.05) is 17.7 Å². The summed E-state index contributed by atoms with van der Waals surface area (Å²) in [5.74, 6) is 1.40. The number of ether oxygens (including phenoxy) is 2. The van der Waals surface area contributed by atoms with E-state index >= 15 is 0 Å². The van der Waals surface area contributed by atoms with Crippen molar-refractivity contribution in [3.8, 4) is 11.5 Å². The Morgan fingerprint density at radius 2 is 1.64 bits per heavy atom. The first-order valence-electron chi connectivity index (χ1n) is 8.86. The number of para-hydroxylation sites is 4. The minimum atomic E-state index is -0.360. The van der Waals surface area contributed by atoms with Crippen LogP contribution in [0.2, 0.25) is 0 Å². The fourth-order valence-corrected chi connectivity index (χ4v) is 2.55. The van der Waals surface area contributed by atoms with Gasteiger partial charge in [-0.3, -0.25) is 4.79 Å². The molecule has 0 atom stereocenters. The molecule has 2 aromatic carbocycles. The van der Waals surface area contributed by atoms with E-state index < -0.39 is 0 Å². The van der Waals surface area contributed by atoms with Gasteiger partial charge in [-0.25, -0.2) is 9.97 Å². The van der Waals surface area contributed by atoms with Gasteiger partial charge in [0.25, 0.3) is 5.91 Å². The standard InChI is InChI=1S/C21H22N4O3/c1-14(2)28-19-11-7-5-9-16(19)24-20-12-17(22-13-23-20)21(26)25-15-8-4-6-10-18(15)27-3/h4-14H,1-3H3,(H,25,26)(H,22,23,24). The number of methoxy groups -OCH3 is 1. The van der Waals surface area contributed by atoms with Gasteiger partial charge in [0.15, 0.2) is 0 Å². The zero-order valence-corrected chi connectivity index (χ0v) is 16.0. The number of anilines is 3. The molecule has 0 saturated heterocycles. The minimum Gasteiger partial charge on any atom is -0.495 e. The van der Waals surface area contributed by atoms with E-state index in [1.807, 2.05) is 50.2 Å². The van der Waals surface area contributed by atoms with Crippen LogP contribution in [-0.4, -0.2) is 29.1 Å². The first-order valence-corrected chi connectivity index (χ1v) is 8.86. The van der Waals surface area contributed by atoms with Crippen molar-refractivity contribution in [3.05, 3.63) is 66.6 Å². The Morgan fingerprint density at radius 3 is 2.36 bits per heavy atom. The molecule has 0 aliphatic heterocycles. The van der Waals surface area contributed by atoms with E-state index in [0.717, 1.165) is 5.69 Å². The average Bonchev–Trinajstić information content (AvgIpc) is 2.70. The molecule has 1 amide bonds. The van der Waals surface area contributed by atoms with Crippen LogP contribution in [0.5, 0.6) is 11.5 Å². The highest BCUT2D eigenvalue weighted by Gasteiger charge is 2.13. The molecule has 0 radical (unpaired) electrons. The topological polar surface area (TPSA) is 85.4 Å². The zero-order valence-electron chi connectivity index (χ0n) is 16.0. The van der Waals surface area contributed by atoms with Crippen molar-refractivity contribution >= 4 is 23.1 Å². The van der Waals surface area contributed by atoms with E-state index in [0.29, 0.717) is 23.0 Å². The largest absolute Gasteiger partial charge is 0.495 e. The molecule has 144 valence electrons. The fourth-order valence-electron chi connectivity index (χ4n) is 2.55. The molecule has 7 nitrogen and oxygen atoms in total. The molecule has 3 aromatic rings. The van der Waals surface area contributed by atoms with Gasteiger partial charge >= 0.3 is 0 Å². The molecule has 0 aliphatic rings. The maximum atomic E-state index is 12.6. The van der Waals surface area contributed by atoms with E-state index in [1.54, 1.807) is 25.3 Å². The van der Waals surface area contributed by atoms with E-state index in [9.17, 15) is 4.79 Å². The first-order chi connectivity index (χ1) is 13.6. The molecule has 28 heavy (non-hydrogen) atoms. The van der Waals surface area contributed by atoms with E-state index in [-0.39, 0.29) is 17.7 Å². The molecule has 3 rings (SSSR count).